The van der Waals surface area contributed by atoms with E-state index in [2.05, 4.69) is 24.1 Å². The average molecular weight is 222 g/mol. The van der Waals surface area contributed by atoms with Crippen LogP contribution in [0.1, 0.15) is 38.3 Å². The van der Waals surface area contributed by atoms with E-state index in [4.69, 9.17) is 0 Å². The van der Waals surface area contributed by atoms with Crippen molar-refractivity contribution in [2.24, 2.45) is 5.92 Å². The first-order valence-corrected chi connectivity index (χ1v) is 6.11. The fraction of sp³-hybridized carbons (Fsp3) is 0.615. The van der Waals surface area contributed by atoms with Gasteiger partial charge < -0.3 is 5.32 Å². The molecule has 1 aliphatic rings. The van der Waals surface area contributed by atoms with Crippen molar-refractivity contribution in [3.63, 3.8) is 0 Å². The van der Waals surface area contributed by atoms with E-state index in [1.807, 2.05) is 6.07 Å². The maximum Gasteiger partial charge on any atom is 0.141 e. The Bertz CT molecular complexity index is 336. The monoisotopic (exact) mass is 222 g/mol. The Labute approximate surface area is 96.3 Å². The molecule has 0 aromatic carbocycles. The molecule has 3 unspecified atom stereocenters. The van der Waals surface area contributed by atoms with Gasteiger partial charge in [0.05, 0.1) is 6.20 Å². The molecule has 1 fully saturated rings. The first-order valence-electron chi connectivity index (χ1n) is 6.11. The summed E-state index contributed by atoms with van der Waals surface area (Å²) in [5.41, 5.74) is 1.04. The number of nitrogens with one attached hydrogen (secondary N) is 1. The first-order chi connectivity index (χ1) is 7.76. The van der Waals surface area contributed by atoms with E-state index < -0.39 is 0 Å². The predicted octanol–water partition coefficient (Wildman–Crippen LogP) is 2.71. The van der Waals surface area contributed by atoms with Crippen LogP contribution >= 0.6 is 0 Å². The number of hydrogen-bond donors (Lipinski definition) is 1. The van der Waals surface area contributed by atoms with Gasteiger partial charge in [0.1, 0.15) is 5.82 Å². The molecule has 0 amide bonds. The largest absolute Gasteiger partial charge is 0.314 e. The van der Waals surface area contributed by atoms with E-state index >= 15 is 0 Å². The van der Waals surface area contributed by atoms with E-state index in [0.717, 1.165) is 25.1 Å². The number of pyridine rings is 1. The van der Waals surface area contributed by atoms with Crippen molar-refractivity contribution in [2.75, 3.05) is 6.54 Å². The number of nitrogens with zero attached hydrogens (tertiary/aromatic N) is 1. The highest BCUT2D eigenvalue weighted by Gasteiger charge is 2.40. The van der Waals surface area contributed by atoms with Crippen LogP contribution in [-0.4, -0.2) is 17.6 Å². The highest BCUT2D eigenvalue weighted by Crippen LogP contribution is 2.43. The molecule has 1 heterocycles. The third-order valence-corrected chi connectivity index (χ3v) is 3.61. The molecule has 16 heavy (non-hydrogen) atoms. The fourth-order valence-electron chi connectivity index (χ4n) is 2.72. The van der Waals surface area contributed by atoms with E-state index in [9.17, 15) is 4.39 Å². The maximum atomic E-state index is 12.8. The van der Waals surface area contributed by atoms with Gasteiger partial charge in [0.25, 0.3) is 0 Å². The Morgan fingerprint density at radius 1 is 1.44 bits per heavy atom. The van der Waals surface area contributed by atoms with E-state index in [1.54, 1.807) is 0 Å². The highest BCUT2D eigenvalue weighted by atomic mass is 19.1. The quantitative estimate of drug-likeness (QED) is 0.847. The van der Waals surface area contributed by atoms with E-state index in [1.165, 1.54) is 12.3 Å². The van der Waals surface area contributed by atoms with Gasteiger partial charge in [-0.1, -0.05) is 20.3 Å². The summed E-state index contributed by atoms with van der Waals surface area (Å²) in [6, 6.07) is 3.95. The molecule has 3 heteroatoms. The maximum absolute atomic E-state index is 12.8. The summed E-state index contributed by atoms with van der Waals surface area (Å²) in [5, 5.41) is 3.49. The predicted molar refractivity (Wildman–Crippen MR) is 62.8 cm³/mol. The van der Waals surface area contributed by atoms with Gasteiger partial charge >= 0.3 is 0 Å². The summed E-state index contributed by atoms with van der Waals surface area (Å²) >= 11 is 0. The van der Waals surface area contributed by atoms with Crippen LogP contribution < -0.4 is 5.32 Å². The molecule has 1 aromatic heterocycles. The van der Waals surface area contributed by atoms with Crippen LogP contribution in [0.15, 0.2) is 18.3 Å². The topological polar surface area (TPSA) is 24.9 Å². The van der Waals surface area contributed by atoms with Gasteiger partial charge in [-0.15, -0.1) is 0 Å². The van der Waals surface area contributed by atoms with Crippen LogP contribution in [0.4, 0.5) is 4.39 Å². The zero-order chi connectivity index (χ0) is 11.5. The second-order valence-electron chi connectivity index (χ2n) is 4.48. The molecular weight excluding hydrogens is 203 g/mol. The molecule has 0 spiro atoms. The Kier molecular flexibility index (Phi) is 3.54. The second-order valence-corrected chi connectivity index (χ2v) is 4.48. The summed E-state index contributed by atoms with van der Waals surface area (Å²) < 4.78 is 12.8. The minimum Gasteiger partial charge on any atom is -0.314 e. The lowest BCUT2D eigenvalue weighted by Gasteiger charge is -2.44. The molecule has 0 bridgehead atoms. The summed E-state index contributed by atoms with van der Waals surface area (Å²) in [5.74, 6) is 0.909. The van der Waals surface area contributed by atoms with Crippen LogP contribution in [-0.2, 0) is 0 Å². The van der Waals surface area contributed by atoms with Gasteiger partial charge in [0.15, 0.2) is 0 Å². The smallest absolute Gasteiger partial charge is 0.141 e. The van der Waals surface area contributed by atoms with E-state index in [0.29, 0.717) is 17.9 Å². The fourth-order valence-corrected chi connectivity index (χ4v) is 2.72. The van der Waals surface area contributed by atoms with Crippen LogP contribution in [0, 0.1) is 11.7 Å². The summed E-state index contributed by atoms with van der Waals surface area (Å²) in [7, 11) is 0. The summed E-state index contributed by atoms with van der Waals surface area (Å²) in [6.07, 6.45) is 3.61. The molecule has 1 aliphatic carbocycles. The molecule has 2 nitrogen and oxygen atoms in total. The normalized spacial score (nSPS) is 28.8. The third kappa shape index (κ3) is 2.09. The molecule has 2 rings (SSSR count). The minimum absolute atomic E-state index is 0.251. The zero-order valence-electron chi connectivity index (χ0n) is 9.91. The number of halogens is 1. The average Bonchev–Trinajstić information content (AvgIpc) is 2.26. The van der Waals surface area contributed by atoms with Gasteiger partial charge in [0, 0.05) is 17.7 Å². The Hall–Kier alpha value is -0.960. The molecule has 1 N–H and O–H groups in total. The Balaban J connectivity index is 2.04. The van der Waals surface area contributed by atoms with Crippen molar-refractivity contribution in [3.05, 3.63) is 29.8 Å². The number of rotatable bonds is 4. The first kappa shape index (κ1) is 11.5. The van der Waals surface area contributed by atoms with Gasteiger partial charge in [0.2, 0.25) is 0 Å². The van der Waals surface area contributed by atoms with E-state index in [-0.39, 0.29) is 5.82 Å². The lowest BCUT2D eigenvalue weighted by Crippen LogP contribution is -2.49. The lowest BCUT2D eigenvalue weighted by molar-refractivity contribution is 0.159. The second kappa shape index (κ2) is 4.91. The number of aromatic nitrogens is 1. The summed E-state index contributed by atoms with van der Waals surface area (Å²) in [6.45, 7) is 5.37. The van der Waals surface area contributed by atoms with Crippen LogP contribution in [0.5, 0.6) is 0 Å². The van der Waals surface area contributed by atoms with Crippen molar-refractivity contribution < 1.29 is 4.39 Å². The van der Waals surface area contributed by atoms with Crippen LogP contribution in [0.3, 0.4) is 0 Å². The van der Waals surface area contributed by atoms with Crippen molar-refractivity contribution >= 4 is 0 Å². The van der Waals surface area contributed by atoms with Gasteiger partial charge in [-0.3, -0.25) is 4.98 Å². The van der Waals surface area contributed by atoms with Gasteiger partial charge in [-0.2, -0.15) is 0 Å². The highest BCUT2D eigenvalue weighted by molar-refractivity contribution is 5.17. The van der Waals surface area contributed by atoms with Crippen molar-refractivity contribution in [1.82, 2.24) is 10.3 Å². The van der Waals surface area contributed by atoms with Gasteiger partial charge in [-0.25, -0.2) is 4.39 Å². The lowest BCUT2D eigenvalue weighted by atomic mass is 9.66. The summed E-state index contributed by atoms with van der Waals surface area (Å²) in [4.78, 5) is 4.19. The van der Waals surface area contributed by atoms with Gasteiger partial charge in [-0.05, 0) is 31.0 Å². The van der Waals surface area contributed by atoms with Crippen LogP contribution in [0.2, 0.25) is 0 Å². The van der Waals surface area contributed by atoms with Crippen molar-refractivity contribution in [2.45, 2.75) is 38.6 Å². The minimum atomic E-state index is -0.251. The van der Waals surface area contributed by atoms with Crippen molar-refractivity contribution in [3.8, 4) is 0 Å². The molecule has 3 atom stereocenters. The Morgan fingerprint density at radius 2 is 2.25 bits per heavy atom. The van der Waals surface area contributed by atoms with Crippen molar-refractivity contribution in [1.29, 1.82) is 0 Å². The molecule has 0 radical (unpaired) electrons. The van der Waals surface area contributed by atoms with Crippen LogP contribution in [0.25, 0.3) is 0 Å². The molecule has 1 saturated carbocycles. The molecule has 0 aliphatic heterocycles. The SMILES string of the molecule is CCNC1CC(c2ccc(F)cn2)C1CC. The molecule has 88 valence electrons. The molecule has 0 saturated heterocycles. The zero-order valence-corrected chi connectivity index (χ0v) is 9.91. The third-order valence-electron chi connectivity index (χ3n) is 3.61. The Morgan fingerprint density at radius 3 is 2.81 bits per heavy atom. The molecular formula is C13H19FN2. The standard InChI is InChI=1S/C13H19FN2/c1-3-10-11(7-13(10)15-4-2)12-6-5-9(14)8-16-12/h5-6,8,10-11,13,15H,3-4,7H2,1-2H3. The number of hydrogen-bond acceptors (Lipinski definition) is 2. The molecule has 1 aromatic rings.